The van der Waals surface area contributed by atoms with E-state index in [1.165, 1.54) is 0 Å². The van der Waals surface area contributed by atoms with Crippen LogP contribution in [0.25, 0.3) is 11.0 Å². The third kappa shape index (κ3) is 2.55. The van der Waals surface area contributed by atoms with Crippen molar-refractivity contribution in [1.29, 1.82) is 0 Å². The summed E-state index contributed by atoms with van der Waals surface area (Å²) >= 11 is 0. The van der Waals surface area contributed by atoms with Crippen molar-refractivity contribution in [1.82, 2.24) is 9.54 Å². The highest BCUT2D eigenvalue weighted by Gasteiger charge is 2.46. The number of likely N-dealkylation sites (tertiary alicyclic amines) is 1. The van der Waals surface area contributed by atoms with Gasteiger partial charge in [0, 0.05) is 39.3 Å². The summed E-state index contributed by atoms with van der Waals surface area (Å²) in [6.07, 6.45) is -13.7. The molecule has 0 aliphatic carbocycles. The number of aromatic nitrogens is 2. The number of halogens is 2. The second-order valence-electron chi connectivity index (χ2n) is 5.08. The van der Waals surface area contributed by atoms with Crippen molar-refractivity contribution in [3.8, 4) is 0 Å². The van der Waals surface area contributed by atoms with Crippen LogP contribution in [-0.2, 0) is 0 Å². The van der Waals surface area contributed by atoms with Gasteiger partial charge in [0.25, 0.3) is 6.09 Å². The number of benzene rings is 1. The molecule has 0 radical (unpaired) electrons. The van der Waals surface area contributed by atoms with E-state index in [-0.39, 0.29) is 0 Å². The van der Waals surface area contributed by atoms with Gasteiger partial charge in [0.05, 0.1) is 32.3 Å². The Hall–Kier alpha value is -2.22. The van der Waals surface area contributed by atoms with Crippen LogP contribution in [0.1, 0.15) is 73.7 Å². The molecule has 1 aromatic carbocycles. The number of rotatable bonds is 1. The predicted octanol–water partition coefficient (Wildman–Crippen LogP) is 2.21. The topological polar surface area (TPSA) is 77.9 Å². The molecular formula is C18H23F2N3O3. The molecule has 1 aliphatic heterocycles. The molecule has 2 heterocycles. The molecule has 0 saturated carbocycles. The number of quaternary nitrogens is 1. The Labute approximate surface area is 180 Å². The number of carboxylic acid groups (broad SMARTS) is 1. The van der Waals surface area contributed by atoms with E-state index in [0.717, 1.165) is 0 Å². The molecule has 1 saturated heterocycles. The van der Waals surface area contributed by atoms with E-state index < -0.39 is 125 Å². The summed E-state index contributed by atoms with van der Waals surface area (Å²) in [5, 5.41) is 13.1. The molecule has 1 aliphatic rings. The molecule has 1 amide bonds. The van der Waals surface area contributed by atoms with Crippen molar-refractivity contribution in [2.75, 3.05) is 13.0 Å². The maximum Gasteiger partial charge on any atom is 0.326 e. The highest BCUT2D eigenvalue weighted by Crippen LogP contribution is 2.35. The minimum absolute atomic E-state index is 0.767. The number of aromatic amines is 1. The summed E-state index contributed by atoms with van der Waals surface area (Å²) in [6, 6.07) is -6.76. The number of piperidine rings is 1. The zero-order valence-electron chi connectivity index (χ0n) is 34.4. The number of carbonyl (C=O) groups is 1. The Kier molecular flexibility index (Phi) is 1.23. The maximum absolute atomic E-state index is 15.3. The van der Waals surface area contributed by atoms with E-state index in [1.807, 2.05) is 0 Å². The van der Waals surface area contributed by atoms with Gasteiger partial charge in [-0.3, -0.25) is 9.05 Å². The number of nitrogens with one attached hydrogen (secondary N) is 1. The molecule has 0 unspecified atom stereocenters. The van der Waals surface area contributed by atoms with Gasteiger partial charge in [-0.1, -0.05) is 0 Å². The summed E-state index contributed by atoms with van der Waals surface area (Å²) < 4.78 is 205. The first kappa shape index (κ1) is 5.41. The lowest BCUT2D eigenvalue weighted by Gasteiger charge is -2.51. The molecular weight excluding hydrogens is 344 g/mol. The van der Waals surface area contributed by atoms with E-state index in [2.05, 4.69) is 0 Å². The first-order valence-corrected chi connectivity index (χ1v) is 6.54. The van der Waals surface area contributed by atoms with Crippen LogP contribution in [0.2, 0.25) is 1.41 Å². The van der Waals surface area contributed by atoms with Crippen molar-refractivity contribution >= 4 is 17.1 Å². The minimum Gasteiger partial charge on any atom is -0.498 e. The lowest BCUT2D eigenvalue weighted by Crippen LogP contribution is -2.70. The Morgan fingerprint density at radius 1 is 1.54 bits per heavy atom. The average molecular weight is 390 g/mol. The summed E-state index contributed by atoms with van der Waals surface area (Å²) in [5.41, 5.74) is -13.0. The van der Waals surface area contributed by atoms with Crippen molar-refractivity contribution in [3.63, 3.8) is 0 Å². The van der Waals surface area contributed by atoms with Gasteiger partial charge in [0.15, 0.2) is 13.0 Å². The summed E-state index contributed by atoms with van der Waals surface area (Å²) in [5.74, 6) is -4.81. The van der Waals surface area contributed by atoms with Crippen LogP contribution in [0.15, 0.2) is 10.8 Å². The van der Waals surface area contributed by atoms with Crippen LogP contribution in [-0.4, -0.2) is 38.7 Å². The second kappa shape index (κ2) is 5.90. The van der Waals surface area contributed by atoms with Gasteiger partial charge in [0.2, 0.25) is 0 Å². The van der Waals surface area contributed by atoms with Crippen molar-refractivity contribution in [2.45, 2.75) is 51.7 Å². The summed E-state index contributed by atoms with van der Waals surface area (Å²) in [7, 11) is 0. The van der Waals surface area contributed by atoms with Crippen molar-refractivity contribution in [3.05, 3.63) is 33.7 Å². The smallest absolute Gasteiger partial charge is 0.326 e. The maximum atomic E-state index is 15.3. The fourth-order valence-corrected chi connectivity index (χ4v) is 2.12. The fourth-order valence-electron chi connectivity index (χ4n) is 2.12. The Bertz CT molecular complexity index is 1710. The Morgan fingerprint density at radius 3 is 2.77 bits per heavy atom. The first-order valence-electron chi connectivity index (χ1n) is 17.6. The highest BCUT2D eigenvalue weighted by atomic mass is 19.2. The first-order chi connectivity index (χ1) is 20.9. The van der Waals surface area contributed by atoms with Crippen LogP contribution < -0.4 is 10.8 Å². The molecule has 8 heteroatoms. The normalized spacial score (nSPS) is 48.7. The zero-order chi connectivity index (χ0) is 38.4. The van der Waals surface area contributed by atoms with Gasteiger partial charge in [-0.05, 0) is 39.0 Å². The number of amides is 1. The Balaban J connectivity index is 2.87. The summed E-state index contributed by atoms with van der Waals surface area (Å²) in [6.45, 7) is -27.6. The zero-order valence-corrected chi connectivity index (χ0v) is 12.4. The highest BCUT2D eigenvalue weighted by molar-refractivity contribution is 5.77. The Morgan fingerprint density at radius 2 is 2.23 bits per heavy atom. The van der Waals surface area contributed by atoms with E-state index in [9.17, 15) is 19.1 Å². The number of carbonyl (C=O) groups excluding carboxylic acids is 1. The number of nitrogens with zero attached hydrogens (tertiary/aromatic N) is 2. The largest absolute Gasteiger partial charge is 0.498 e. The van der Waals surface area contributed by atoms with E-state index >= 15 is 4.39 Å². The predicted molar refractivity (Wildman–Crippen MR) is 90.6 cm³/mol. The number of hydrogen-bond donors (Lipinski definition) is 1. The number of imidazole rings is 1. The monoisotopic (exact) mass is 389 g/mol. The van der Waals surface area contributed by atoms with E-state index in [0.29, 0.717) is 0 Å². The van der Waals surface area contributed by atoms with E-state index in [1.54, 1.807) is 0 Å². The number of fused-ring (bicyclic) bond motifs is 1. The molecule has 1 aromatic heterocycles. The molecule has 3 rings (SSSR count). The number of hydrogen-bond acceptors (Lipinski definition) is 3. The van der Waals surface area contributed by atoms with Gasteiger partial charge in [-0.25, -0.2) is 13.6 Å². The van der Waals surface area contributed by atoms with Crippen molar-refractivity contribution in [2.24, 2.45) is 0 Å². The lowest BCUT2D eigenvalue weighted by molar-refractivity contribution is -0.924. The SMILES string of the molecule is [2H]c1c(C([2H])([2H])[2H])c(F)c(F)c2c1n(C1([2H])C([2H])([2H])C([2H])([2H])[N+](C(=O)[O-])(C(C([2H])[2H])(C([2H])([2H])[2H])C([2H])([2H])[2H])C([2H])([2H])C1([2H])[2H])c(=O)n2[2H]. The molecule has 6 nitrogen and oxygen atoms in total. The van der Waals surface area contributed by atoms with Gasteiger partial charge < -0.3 is 14.9 Å². The number of H-pyrrole nitrogens is 1. The third-order valence-corrected chi connectivity index (χ3v) is 3.42. The summed E-state index contributed by atoms with van der Waals surface area (Å²) in [4.78, 5) is 25.8. The standard InChI is InChI=1S/C18H23F2N3O3/c1-10-9-12-15(14(20)13(10)19)21-16(24)22(12)11-5-7-23(8-6-11,17(25)26)18(2,3)4/h9,11H,5-8H2,1-4H3,(H-,21,24,25,26)/i1D3,2D2,3D3,4D3,5D2,6D2,7D2,8D2,9D,11D/hD. The van der Waals surface area contributed by atoms with Gasteiger partial charge in [-0.2, -0.15) is 0 Å². The van der Waals surface area contributed by atoms with Crippen LogP contribution >= 0.6 is 0 Å². The van der Waals surface area contributed by atoms with Gasteiger partial charge >= 0.3 is 5.69 Å². The molecule has 0 bridgehead atoms. The quantitative estimate of drug-likeness (QED) is 0.760. The van der Waals surface area contributed by atoms with Crippen molar-refractivity contribution < 1.29 is 53.4 Å². The fraction of sp³-hybridized carbons (Fsp3) is 0.556. The van der Waals surface area contributed by atoms with Crippen LogP contribution in [0.4, 0.5) is 13.6 Å². The minimum atomic E-state index is -5.28. The molecule has 1 N–H and O–H groups in total. The van der Waals surface area contributed by atoms with E-state index in [4.69, 9.17) is 30.2 Å². The average Bonchev–Trinajstić information content (AvgIpc) is 3.11. The molecule has 142 valence electrons. The second-order valence-corrected chi connectivity index (χ2v) is 5.08. The molecule has 26 heavy (non-hydrogen) atoms. The van der Waals surface area contributed by atoms with Crippen LogP contribution in [0.3, 0.4) is 0 Å². The van der Waals surface area contributed by atoms with Gasteiger partial charge in [-0.15, -0.1) is 0 Å². The molecule has 2 aromatic rings. The van der Waals surface area contributed by atoms with Crippen LogP contribution in [0, 0.1) is 18.5 Å². The van der Waals surface area contributed by atoms with Crippen LogP contribution in [0.5, 0.6) is 0 Å². The third-order valence-electron chi connectivity index (χ3n) is 3.42. The molecule has 1 fully saturated rings. The van der Waals surface area contributed by atoms with Gasteiger partial charge in [0.1, 0.15) is 5.52 Å². The lowest BCUT2D eigenvalue weighted by atomic mass is 9.93. The molecule has 0 atom stereocenters. The molecule has 0 spiro atoms.